The maximum Gasteiger partial charge on any atom is 0.306 e. The Morgan fingerprint density at radius 3 is 2.53 bits per heavy atom. The second kappa shape index (κ2) is 4.91. The molecule has 0 spiro atoms. The number of methoxy groups -OCH3 is 1. The molecule has 0 radical (unpaired) electrons. The van der Waals surface area contributed by atoms with Gasteiger partial charge in [0.25, 0.3) is 0 Å². The van der Waals surface area contributed by atoms with E-state index in [-0.39, 0.29) is 18.2 Å². The van der Waals surface area contributed by atoms with Gasteiger partial charge in [0.05, 0.1) is 25.4 Å². The van der Waals surface area contributed by atoms with Crippen LogP contribution in [0, 0.1) is 5.41 Å². The van der Waals surface area contributed by atoms with Gasteiger partial charge in [-0.15, -0.1) is 0 Å². The topological polar surface area (TPSA) is 92.7 Å². The Labute approximate surface area is 101 Å². The molecule has 0 aromatic heterocycles. The summed E-state index contributed by atoms with van der Waals surface area (Å²) in [6, 6.07) is -0.278. The quantitative estimate of drug-likeness (QED) is 0.662. The zero-order valence-corrected chi connectivity index (χ0v) is 11.1. The molecule has 6 nitrogen and oxygen atoms in total. The molecule has 0 aliphatic heterocycles. The molecule has 7 heteroatoms. The van der Waals surface area contributed by atoms with E-state index in [9.17, 15) is 18.3 Å². The molecule has 1 aliphatic carbocycles. The summed E-state index contributed by atoms with van der Waals surface area (Å²) in [7, 11) is -2.29. The van der Waals surface area contributed by atoms with Crippen LogP contribution in [-0.4, -0.2) is 44.5 Å². The molecule has 2 unspecified atom stereocenters. The number of aliphatic hydroxyl groups is 1. The molecule has 1 fully saturated rings. The van der Waals surface area contributed by atoms with Gasteiger partial charge in [-0.25, -0.2) is 13.1 Å². The Kier molecular flexibility index (Phi) is 4.16. The molecule has 1 rings (SSSR count). The standard InChI is InChI=1S/C10H19NO5S/c1-10(2)7(6-8(10)12)11-17(14,15)5-4-9(13)16-3/h7-8,11-12H,4-6H2,1-3H3. The lowest BCUT2D eigenvalue weighted by molar-refractivity contribution is -0.140. The average molecular weight is 265 g/mol. The van der Waals surface area contributed by atoms with E-state index < -0.39 is 27.5 Å². The molecule has 1 saturated carbocycles. The largest absolute Gasteiger partial charge is 0.469 e. The minimum Gasteiger partial charge on any atom is -0.469 e. The number of carbonyl (C=O) groups is 1. The summed E-state index contributed by atoms with van der Waals surface area (Å²) in [6.45, 7) is 3.60. The van der Waals surface area contributed by atoms with Crippen molar-refractivity contribution < 1.29 is 23.1 Å². The summed E-state index contributed by atoms with van der Waals surface area (Å²) in [4.78, 5) is 10.9. The van der Waals surface area contributed by atoms with Gasteiger partial charge in [-0.3, -0.25) is 4.79 Å². The molecule has 0 heterocycles. The van der Waals surface area contributed by atoms with E-state index in [0.717, 1.165) is 0 Å². The highest BCUT2D eigenvalue weighted by Crippen LogP contribution is 2.40. The fourth-order valence-electron chi connectivity index (χ4n) is 1.70. The van der Waals surface area contributed by atoms with Gasteiger partial charge in [0.2, 0.25) is 10.0 Å². The fraction of sp³-hybridized carbons (Fsp3) is 0.900. The highest BCUT2D eigenvalue weighted by Gasteiger charge is 2.48. The third-order valence-electron chi connectivity index (χ3n) is 3.34. The van der Waals surface area contributed by atoms with E-state index in [1.165, 1.54) is 7.11 Å². The Morgan fingerprint density at radius 2 is 2.12 bits per heavy atom. The second-order valence-electron chi connectivity index (χ2n) is 4.89. The van der Waals surface area contributed by atoms with Gasteiger partial charge in [0.1, 0.15) is 0 Å². The predicted molar refractivity (Wildman–Crippen MR) is 61.7 cm³/mol. The number of sulfonamides is 1. The van der Waals surface area contributed by atoms with Crippen LogP contribution in [0.2, 0.25) is 0 Å². The van der Waals surface area contributed by atoms with Crippen LogP contribution in [0.25, 0.3) is 0 Å². The van der Waals surface area contributed by atoms with Gasteiger partial charge >= 0.3 is 5.97 Å². The monoisotopic (exact) mass is 265 g/mol. The smallest absolute Gasteiger partial charge is 0.306 e. The number of ether oxygens (including phenoxy) is 1. The number of esters is 1. The van der Waals surface area contributed by atoms with Crippen LogP contribution < -0.4 is 4.72 Å². The first kappa shape index (κ1) is 14.4. The van der Waals surface area contributed by atoms with Gasteiger partial charge in [0, 0.05) is 11.5 Å². The molecule has 0 amide bonds. The van der Waals surface area contributed by atoms with Gasteiger partial charge in [-0.05, 0) is 6.42 Å². The Hall–Kier alpha value is -0.660. The van der Waals surface area contributed by atoms with Crippen molar-refractivity contribution in [3.8, 4) is 0 Å². The van der Waals surface area contributed by atoms with Crippen LogP contribution in [0.1, 0.15) is 26.7 Å². The van der Waals surface area contributed by atoms with Crippen molar-refractivity contribution in [2.45, 2.75) is 38.8 Å². The van der Waals surface area contributed by atoms with Crippen molar-refractivity contribution in [1.29, 1.82) is 0 Å². The Morgan fingerprint density at radius 1 is 1.53 bits per heavy atom. The van der Waals surface area contributed by atoms with Crippen LogP contribution in [0.5, 0.6) is 0 Å². The molecule has 2 atom stereocenters. The van der Waals surface area contributed by atoms with E-state index >= 15 is 0 Å². The number of nitrogens with one attached hydrogen (secondary N) is 1. The number of carbonyl (C=O) groups excluding carboxylic acids is 1. The first-order chi connectivity index (χ1) is 7.69. The summed E-state index contributed by atoms with van der Waals surface area (Å²) in [6.07, 6.45) is -0.248. The molecule has 0 aromatic carbocycles. The van der Waals surface area contributed by atoms with Crippen molar-refractivity contribution in [3.05, 3.63) is 0 Å². The molecule has 2 N–H and O–H groups in total. The highest BCUT2D eigenvalue weighted by atomic mass is 32.2. The number of aliphatic hydroxyl groups excluding tert-OH is 1. The van der Waals surface area contributed by atoms with E-state index in [4.69, 9.17) is 0 Å². The summed E-state index contributed by atoms with van der Waals surface area (Å²) >= 11 is 0. The fourth-order valence-corrected chi connectivity index (χ4v) is 3.08. The molecule has 0 bridgehead atoms. The van der Waals surface area contributed by atoms with Gasteiger partial charge < -0.3 is 9.84 Å². The van der Waals surface area contributed by atoms with Crippen molar-refractivity contribution in [2.75, 3.05) is 12.9 Å². The molecule has 0 aromatic rings. The van der Waals surface area contributed by atoms with Crippen LogP contribution in [0.15, 0.2) is 0 Å². The summed E-state index contributed by atoms with van der Waals surface area (Å²) < 4.78 is 30.2. The maximum atomic E-state index is 11.6. The third-order valence-corrected chi connectivity index (χ3v) is 4.73. The normalized spacial score (nSPS) is 27.3. The minimum absolute atomic E-state index is 0.165. The highest BCUT2D eigenvalue weighted by molar-refractivity contribution is 7.89. The van der Waals surface area contributed by atoms with Crippen LogP contribution in [0.3, 0.4) is 0 Å². The predicted octanol–water partition coefficient (Wildman–Crippen LogP) is -0.372. The summed E-state index contributed by atoms with van der Waals surface area (Å²) in [5.74, 6) is -0.842. The SMILES string of the molecule is COC(=O)CCS(=O)(=O)NC1CC(O)C1(C)C. The van der Waals surface area contributed by atoms with Crippen LogP contribution >= 0.6 is 0 Å². The number of hydrogen-bond donors (Lipinski definition) is 2. The van der Waals surface area contributed by atoms with E-state index in [1.54, 1.807) is 13.8 Å². The average Bonchev–Trinajstić information content (AvgIpc) is 2.25. The molecule has 0 saturated heterocycles. The van der Waals surface area contributed by atoms with Gasteiger partial charge in [-0.2, -0.15) is 0 Å². The van der Waals surface area contributed by atoms with Gasteiger partial charge in [-0.1, -0.05) is 13.8 Å². The maximum absolute atomic E-state index is 11.6. The minimum atomic E-state index is -3.50. The van der Waals surface area contributed by atoms with E-state index in [1.807, 2.05) is 0 Å². The molecular weight excluding hydrogens is 246 g/mol. The zero-order chi connectivity index (χ0) is 13.3. The summed E-state index contributed by atoms with van der Waals surface area (Å²) in [5.41, 5.74) is -0.460. The molecule has 17 heavy (non-hydrogen) atoms. The van der Waals surface area contributed by atoms with Crippen molar-refractivity contribution in [1.82, 2.24) is 4.72 Å². The van der Waals surface area contributed by atoms with Crippen LogP contribution in [0.4, 0.5) is 0 Å². The Balaban J connectivity index is 2.48. The summed E-state index contributed by atoms with van der Waals surface area (Å²) in [5, 5.41) is 9.49. The first-order valence-corrected chi connectivity index (χ1v) is 7.09. The number of hydrogen-bond acceptors (Lipinski definition) is 5. The molecular formula is C10H19NO5S. The Bertz CT molecular complexity index is 390. The zero-order valence-electron chi connectivity index (χ0n) is 10.3. The lowest BCUT2D eigenvalue weighted by Crippen LogP contribution is -2.61. The van der Waals surface area contributed by atoms with Gasteiger partial charge in [0.15, 0.2) is 0 Å². The molecule has 100 valence electrons. The molecule has 1 aliphatic rings. The number of rotatable bonds is 5. The lowest BCUT2D eigenvalue weighted by Gasteiger charge is -2.49. The third kappa shape index (κ3) is 3.40. The van der Waals surface area contributed by atoms with Crippen molar-refractivity contribution >= 4 is 16.0 Å². The first-order valence-electron chi connectivity index (χ1n) is 5.44. The second-order valence-corrected chi connectivity index (χ2v) is 6.76. The van der Waals surface area contributed by atoms with Crippen LogP contribution in [-0.2, 0) is 19.6 Å². The van der Waals surface area contributed by atoms with E-state index in [2.05, 4.69) is 9.46 Å². The van der Waals surface area contributed by atoms with E-state index in [0.29, 0.717) is 6.42 Å². The van der Waals surface area contributed by atoms with Crippen molar-refractivity contribution in [3.63, 3.8) is 0 Å². The van der Waals surface area contributed by atoms with Crippen molar-refractivity contribution in [2.24, 2.45) is 5.41 Å². The lowest BCUT2D eigenvalue weighted by atomic mass is 9.65.